The largest absolute Gasteiger partial charge is 0.303 e. The average molecular weight is 253 g/mol. The van der Waals surface area contributed by atoms with E-state index in [1.165, 1.54) is 25.7 Å². The Balaban J connectivity index is 2.45. The number of Topliss-reactive ketones (excluding diaryl/α,β-unsaturated/α-hetero) is 1. The summed E-state index contributed by atoms with van der Waals surface area (Å²) in [6.07, 6.45) is 8.11. The lowest BCUT2D eigenvalue weighted by atomic mass is 9.78. The Hall–Kier alpha value is -0.370. The van der Waals surface area contributed by atoms with Gasteiger partial charge in [-0.15, -0.1) is 0 Å². The average Bonchev–Trinajstić information content (AvgIpc) is 2.34. The number of rotatable bonds is 7. The lowest BCUT2D eigenvalue weighted by Crippen LogP contribution is -2.38. The fourth-order valence-corrected chi connectivity index (χ4v) is 3.21. The highest BCUT2D eigenvalue weighted by atomic mass is 16.1. The molecule has 3 unspecified atom stereocenters. The van der Waals surface area contributed by atoms with Gasteiger partial charge in [-0.3, -0.25) is 4.79 Å². The van der Waals surface area contributed by atoms with Gasteiger partial charge in [-0.25, -0.2) is 0 Å². The first-order valence-electron chi connectivity index (χ1n) is 7.81. The predicted molar refractivity (Wildman–Crippen MR) is 77.7 cm³/mol. The van der Waals surface area contributed by atoms with Crippen LogP contribution >= 0.6 is 0 Å². The van der Waals surface area contributed by atoms with Crippen molar-refractivity contribution in [1.29, 1.82) is 0 Å². The van der Waals surface area contributed by atoms with E-state index in [0.29, 0.717) is 17.7 Å². The molecule has 0 bridgehead atoms. The van der Waals surface area contributed by atoms with Gasteiger partial charge in [0.1, 0.15) is 5.78 Å². The third kappa shape index (κ3) is 4.72. The number of nitrogens with zero attached hydrogens (tertiary/aromatic N) is 1. The summed E-state index contributed by atoms with van der Waals surface area (Å²) in [5.74, 6) is 1.62. The second-order valence-corrected chi connectivity index (χ2v) is 6.17. The van der Waals surface area contributed by atoms with Crippen LogP contribution in [0.1, 0.15) is 65.7 Å². The van der Waals surface area contributed by atoms with Crippen LogP contribution in [0, 0.1) is 11.8 Å². The fourth-order valence-electron chi connectivity index (χ4n) is 3.21. The zero-order valence-electron chi connectivity index (χ0n) is 12.7. The van der Waals surface area contributed by atoms with E-state index >= 15 is 0 Å². The Kier molecular flexibility index (Phi) is 6.91. The van der Waals surface area contributed by atoms with Gasteiger partial charge >= 0.3 is 0 Å². The van der Waals surface area contributed by atoms with Gasteiger partial charge in [0.05, 0.1) is 0 Å². The van der Waals surface area contributed by atoms with Gasteiger partial charge in [0.15, 0.2) is 0 Å². The monoisotopic (exact) mass is 253 g/mol. The minimum Gasteiger partial charge on any atom is -0.303 e. The van der Waals surface area contributed by atoms with Gasteiger partial charge in [0.2, 0.25) is 0 Å². The smallest absolute Gasteiger partial charge is 0.137 e. The first kappa shape index (κ1) is 15.7. The number of carbonyl (C=O) groups is 1. The summed E-state index contributed by atoms with van der Waals surface area (Å²) in [4.78, 5) is 14.4. The highest BCUT2D eigenvalue weighted by Gasteiger charge is 2.29. The molecule has 0 aromatic heterocycles. The van der Waals surface area contributed by atoms with Crippen molar-refractivity contribution in [3.8, 4) is 0 Å². The van der Waals surface area contributed by atoms with Gasteiger partial charge in [-0.2, -0.15) is 0 Å². The number of carbonyl (C=O) groups excluding carboxylic acids is 1. The quantitative estimate of drug-likeness (QED) is 0.686. The molecule has 106 valence electrons. The molecule has 2 heteroatoms. The minimum absolute atomic E-state index is 0.305. The van der Waals surface area contributed by atoms with Gasteiger partial charge in [0.25, 0.3) is 0 Å². The van der Waals surface area contributed by atoms with Crippen LogP contribution in [0.25, 0.3) is 0 Å². The summed E-state index contributed by atoms with van der Waals surface area (Å²) in [7, 11) is 2.18. The van der Waals surface area contributed by atoms with Crippen molar-refractivity contribution < 1.29 is 4.79 Å². The molecule has 1 rings (SSSR count). The molecule has 1 aliphatic rings. The van der Waals surface area contributed by atoms with Crippen molar-refractivity contribution >= 4 is 5.78 Å². The zero-order valence-corrected chi connectivity index (χ0v) is 12.7. The van der Waals surface area contributed by atoms with Crippen LogP contribution < -0.4 is 0 Å². The summed E-state index contributed by atoms with van der Waals surface area (Å²) in [5, 5.41) is 0. The normalized spacial score (nSPS) is 26.6. The Bertz CT molecular complexity index is 251. The maximum atomic E-state index is 12.0. The molecule has 1 aliphatic carbocycles. The topological polar surface area (TPSA) is 20.3 Å². The fraction of sp³-hybridized carbons (Fsp3) is 0.938. The van der Waals surface area contributed by atoms with Crippen molar-refractivity contribution in [3.05, 3.63) is 0 Å². The lowest BCUT2D eigenvalue weighted by molar-refractivity contribution is -0.126. The summed E-state index contributed by atoms with van der Waals surface area (Å²) < 4.78 is 0. The second-order valence-electron chi connectivity index (χ2n) is 6.17. The summed E-state index contributed by atoms with van der Waals surface area (Å²) in [5.41, 5.74) is 0. The highest BCUT2D eigenvalue weighted by molar-refractivity contribution is 5.81. The zero-order chi connectivity index (χ0) is 13.5. The van der Waals surface area contributed by atoms with Crippen LogP contribution in [0.3, 0.4) is 0 Å². The number of hydrogen-bond acceptors (Lipinski definition) is 2. The molecule has 2 nitrogen and oxygen atoms in total. The Morgan fingerprint density at radius 3 is 2.67 bits per heavy atom. The van der Waals surface area contributed by atoms with E-state index in [1.54, 1.807) is 0 Å². The van der Waals surface area contributed by atoms with E-state index in [-0.39, 0.29) is 0 Å². The molecule has 0 spiro atoms. The molecule has 18 heavy (non-hydrogen) atoms. The Labute approximate surface area is 113 Å². The molecule has 0 heterocycles. The highest BCUT2D eigenvalue weighted by Crippen LogP contribution is 2.30. The van der Waals surface area contributed by atoms with Crippen molar-refractivity contribution in [1.82, 2.24) is 4.90 Å². The molecule has 3 atom stereocenters. The van der Waals surface area contributed by atoms with Crippen LogP contribution in [-0.4, -0.2) is 30.3 Å². The van der Waals surface area contributed by atoms with Crippen LogP contribution in [-0.2, 0) is 4.79 Å². The summed E-state index contributed by atoms with van der Waals surface area (Å²) >= 11 is 0. The first-order valence-corrected chi connectivity index (χ1v) is 7.81. The van der Waals surface area contributed by atoms with Crippen LogP contribution in [0.4, 0.5) is 0 Å². The maximum Gasteiger partial charge on any atom is 0.137 e. The number of ketones is 1. The van der Waals surface area contributed by atoms with E-state index in [1.807, 2.05) is 0 Å². The Morgan fingerprint density at radius 2 is 2.06 bits per heavy atom. The Morgan fingerprint density at radius 1 is 1.33 bits per heavy atom. The molecule has 0 N–H and O–H groups in total. The van der Waals surface area contributed by atoms with E-state index in [2.05, 4.69) is 32.7 Å². The third-order valence-electron chi connectivity index (χ3n) is 4.54. The van der Waals surface area contributed by atoms with Crippen molar-refractivity contribution in [2.24, 2.45) is 11.8 Å². The second kappa shape index (κ2) is 7.93. The molecule has 0 radical (unpaired) electrons. The number of hydrogen-bond donors (Lipinski definition) is 0. The van der Waals surface area contributed by atoms with E-state index in [4.69, 9.17) is 0 Å². The van der Waals surface area contributed by atoms with E-state index < -0.39 is 0 Å². The standard InChI is InChI=1S/C16H31NO/c1-5-7-13(3)17(4)12-15-11-14(8-6-2)9-10-16(15)18/h13-15H,5-12H2,1-4H3. The molecule has 0 aliphatic heterocycles. The van der Waals surface area contributed by atoms with Crippen LogP contribution in [0.5, 0.6) is 0 Å². The van der Waals surface area contributed by atoms with E-state index in [9.17, 15) is 4.79 Å². The first-order chi connectivity index (χ1) is 8.58. The van der Waals surface area contributed by atoms with Crippen molar-refractivity contribution in [3.63, 3.8) is 0 Å². The minimum atomic E-state index is 0.305. The maximum absolute atomic E-state index is 12.0. The van der Waals surface area contributed by atoms with E-state index in [0.717, 1.165) is 31.7 Å². The predicted octanol–water partition coefficient (Wildman–Crippen LogP) is 3.89. The van der Waals surface area contributed by atoms with Gasteiger partial charge in [0, 0.05) is 24.9 Å². The summed E-state index contributed by atoms with van der Waals surface area (Å²) in [6, 6.07) is 0.606. The third-order valence-corrected chi connectivity index (χ3v) is 4.54. The molecular formula is C16H31NO. The van der Waals surface area contributed by atoms with Crippen molar-refractivity contribution in [2.75, 3.05) is 13.6 Å². The molecule has 0 aromatic rings. The molecule has 1 fully saturated rings. The molecule has 1 saturated carbocycles. The van der Waals surface area contributed by atoms with Crippen LogP contribution in [0.15, 0.2) is 0 Å². The SMILES string of the molecule is CCCC1CCC(=O)C(CN(C)C(C)CCC)C1. The van der Waals surface area contributed by atoms with Gasteiger partial charge < -0.3 is 4.90 Å². The van der Waals surface area contributed by atoms with Crippen molar-refractivity contribution in [2.45, 2.75) is 71.8 Å². The van der Waals surface area contributed by atoms with Gasteiger partial charge in [-0.05, 0) is 39.2 Å². The molecule has 0 saturated heterocycles. The molecular weight excluding hydrogens is 222 g/mol. The van der Waals surface area contributed by atoms with Crippen LogP contribution in [0.2, 0.25) is 0 Å². The molecule has 0 aromatic carbocycles. The summed E-state index contributed by atoms with van der Waals surface area (Å²) in [6.45, 7) is 7.73. The lowest BCUT2D eigenvalue weighted by Gasteiger charge is -2.33. The van der Waals surface area contributed by atoms with Gasteiger partial charge in [-0.1, -0.05) is 33.1 Å². The molecule has 0 amide bonds.